The molecule has 0 heterocycles. The van der Waals surface area contributed by atoms with E-state index in [1.54, 1.807) is 12.1 Å². The van der Waals surface area contributed by atoms with Crippen LogP contribution in [0, 0.1) is 6.92 Å². The van der Waals surface area contributed by atoms with Gasteiger partial charge >= 0.3 is 0 Å². The standard InChI is InChI=1S/C15H27NO2SSi/c1-4-11-20-12-5-10-16(3)13-19(17,18)15-8-6-14(2)7-9-15/h6-9H,4-5,10-13,20H2,1-3H3. The van der Waals surface area contributed by atoms with Crippen molar-refractivity contribution in [3.8, 4) is 0 Å². The van der Waals surface area contributed by atoms with Crippen LogP contribution in [-0.2, 0) is 9.84 Å². The summed E-state index contributed by atoms with van der Waals surface area (Å²) >= 11 is 0. The normalized spacial score (nSPS) is 12.6. The van der Waals surface area contributed by atoms with Gasteiger partial charge in [0.1, 0.15) is 5.88 Å². The van der Waals surface area contributed by atoms with Crippen LogP contribution in [0.15, 0.2) is 29.2 Å². The highest BCUT2D eigenvalue weighted by Crippen LogP contribution is 2.13. The highest BCUT2D eigenvalue weighted by atomic mass is 32.2. The maximum absolute atomic E-state index is 12.3. The van der Waals surface area contributed by atoms with Crippen molar-refractivity contribution in [3.05, 3.63) is 29.8 Å². The predicted molar refractivity (Wildman–Crippen MR) is 88.9 cm³/mol. The maximum atomic E-state index is 12.3. The Bertz CT molecular complexity index is 485. The molecule has 1 aromatic rings. The lowest BCUT2D eigenvalue weighted by Gasteiger charge is -2.16. The van der Waals surface area contributed by atoms with Gasteiger partial charge in [-0.05, 0) is 39.1 Å². The zero-order valence-corrected chi connectivity index (χ0v) is 15.2. The molecule has 0 aromatic heterocycles. The van der Waals surface area contributed by atoms with E-state index in [1.807, 2.05) is 31.0 Å². The Balaban J connectivity index is 2.43. The molecule has 0 spiro atoms. The summed E-state index contributed by atoms with van der Waals surface area (Å²) in [6.07, 6.45) is 2.43. The largest absolute Gasteiger partial charge is 0.293 e. The molecule has 114 valence electrons. The summed E-state index contributed by atoms with van der Waals surface area (Å²) < 4.78 is 24.5. The molecule has 1 aromatic carbocycles. The van der Waals surface area contributed by atoms with E-state index in [-0.39, 0.29) is 15.4 Å². The van der Waals surface area contributed by atoms with Gasteiger partial charge in [0.15, 0.2) is 9.84 Å². The third-order valence-corrected chi connectivity index (χ3v) is 7.39. The van der Waals surface area contributed by atoms with Crippen LogP contribution in [0.2, 0.25) is 12.1 Å². The van der Waals surface area contributed by atoms with Gasteiger partial charge in [0.05, 0.1) is 4.90 Å². The number of nitrogens with zero attached hydrogens (tertiary/aromatic N) is 1. The fraction of sp³-hybridized carbons (Fsp3) is 0.600. The van der Waals surface area contributed by atoms with E-state index in [4.69, 9.17) is 0 Å². The molecule has 0 saturated heterocycles. The Hall–Kier alpha value is -0.653. The van der Waals surface area contributed by atoms with Crippen molar-refractivity contribution in [1.29, 1.82) is 0 Å². The molecule has 1 rings (SSSR count). The second kappa shape index (κ2) is 8.59. The summed E-state index contributed by atoms with van der Waals surface area (Å²) in [5.74, 6) is 0.116. The highest BCUT2D eigenvalue weighted by Gasteiger charge is 2.16. The van der Waals surface area contributed by atoms with Gasteiger partial charge < -0.3 is 0 Å². The zero-order valence-electron chi connectivity index (χ0n) is 12.9. The first-order valence-electron chi connectivity index (χ1n) is 7.43. The molecule has 5 heteroatoms. The molecule has 0 amide bonds. The van der Waals surface area contributed by atoms with Gasteiger partial charge in [-0.15, -0.1) is 0 Å². The molecule has 0 aliphatic carbocycles. The highest BCUT2D eigenvalue weighted by molar-refractivity contribution is 7.91. The third kappa shape index (κ3) is 6.20. The van der Waals surface area contributed by atoms with E-state index >= 15 is 0 Å². The Morgan fingerprint density at radius 2 is 1.80 bits per heavy atom. The lowest BCUT2D eigenvalue weighted by Crippen LogP contribution is -2.27. The monoisotopic (exact) mass is 313 g/mol. The Morgan fingerprint density at radius 3 is 2.40 bits per heavy atom. The van der Waals surface area contributed by atoms with Crippen LogP contribution in [0.5, 0.6) is 0 Å². The molecule has 0 unspecified atom stereocenters. The lowest BCUT2D eigenvalue weighted by molar-refractivity contribution is 0.381. The molecular weight excluding hydrogens is 286 g/mol. The van der Waals surface area contributed by atoms with Crippen molar-refractivity contribution in [3.63, 3.8) is 0 Å². The van der Waals surface area contributed by atoms with Crippen molar-refractivity contribution in [2.75, 3.05) is 19.5 Å². The van der Waals surface area contributed by atoms with Crippen molar-refractivity contribution < 1.29 is 8.42 Å². The van der Waals surface area contributed by atoms with E-state index in [0.717, 1.165) is 18.5 Å². The summed E-state index contributed by atoms with van der Waals surface area (Å²) in [5, 5.41) is 0. The molecule has 20 heavy (non-hydrogen) atoms. The molecule has 0 aliphatic heterocycles. The fourth-order valence-electron chi connectivity index (χ4n) is 2.16. The van der Waals surface area contributed by atoms with Crippen molar-refractivity contribution in [2.45, 2.75) is 43.7 Å². The Kier molecular flexibility index (Phi) is 7.48. The molecule has 0 fully saturated rings. The summed E-state index contributed by atoms with van der Waals surface area (Å²) in [7, 11) is -1.20. The quantitative estimate of drug-likeness (QED) is 0.519. The SMILES string of the molecule is CCC[SiH2]CCCN(C)CS(=O)(=O)c1ccc(C)cc1. The molecule has 0 aliphatic rings. The van der Waals surface area contributed by atoms with E-state index in [9.17, 15) is 8.42 Å². The van der Waals surface area contributed by atoms with Crippen LogP contribution < -0.4 is 0 Å². The van der Waals surface area contributed by atoms with E-state index in [1.165, 1.54) is 18.5 Å². The molecule has 0 saturated carbocycles. The predicted octanol–water partition coefficient (Wildman–Crippen LogP) is 2.46. The average molecular weight is 314 g/mol. The molecule has 0 radical (unpaired) electrons. The number of sulfone groups is 1. The van der Waals surface area contributed by atoms with Gasteiger partial charge in [0, 0.05) is 9.52 Å². The van der Waals surface area contributed by atoms with Gasteiger partial charge in [0.25, 0.3) is 0 Å². The zero-order chi connectivity index (χ0) is 15.0. The number of hydrogen-bond acceptors (Lipinski definition) is 3. The van der Waals surface area contributed by atoms with Gasteiger partial charge in [-0.1, -0.05) is 43.1 Å². The molecular formula is C15H27NO2SSi. The first-order chi connectivity index (χ1) is 9.45. The van der Waals surface area contributed by atoms with E-state index in [0.29, 0.717) is 4.90 Å². The minimum absolute atomic E-state index is 0.0951. The minimum Gasteiger partial charge on any atom is -0.293 e. The van der Waals surface area contributed by atoms with Crippen LogP contribution >= 0.6 is 0 Å². The summed E-state index contributed by atoms with van der Waals surface area (Å²) in [6.45, 7) is 5.07. The fourth-order valence-corrected chi connectivity index (χ4v) is 5.00. The van der Waals surface area contributed by atoms with Crippen LogP contribution in [0.3, 0.4) is 0 Å². The molecule has 0 atom stereocenters. The number of hydrogen-bond donors (Lipinski definition) is 0. The van der Waals surface area contributed by atoms with Crippen LogP contribution in [0.1, 0.15) is 25.3 Å². The number of rotatable bonds is 9. The van der Waals surface area contributed by atoms with E-state index in [2.05, 4.69) is 6.92 Å². The van der Waals surface area contributed by atoms with Gasteiger partial charge in [-0.3, -0.25) is 4.90 Å². The second-order valence-electron chi connectivity index (χ2n) is 5.55. The third-order valence-electron chi connectivity index (χ3n) is 3.41. The number of benzene rings is 1. The molecule has 3 nitrogen and oxygen atoms in total. The van der Waals surface area contributed by atoms with Gasteiger partial charge in [0.2, 0.25) is 0 Å². The summed E-state index contributed by atoms with van der Waals surface area (Å²) in [4.78, 5) is 2.35. The first kappa shape index (κ1) is 17.4. The smallest absolute Gasteiger partial charge is 0.191 e. The Labute approximate surface area is 126 Å². The van der Waals surface area contributed by atoms with Gasteiger partial charge in [-0.2, -0.15) is 0 Å². The molecule has 0 bridgehead atoms. The minimum atomic E-state index is -3.19. The van der Waals surface area contributed by atoms with Crippen LogP contribution in [0.25, 0.3) is 0 Å². The second-order valence-corrected chi connectivity index (χ2v) is 9.63. The Morgan fingerprint density at radius 1 is 1.15 bits per heavy atom. The van der Waals surface area contributed by atoms with Crippen molar-refractivity contribution in [2.24, 2.45) is 0 Å². The average Bonchev–Trinajstić information content (AvgIpc) is 2.38. The number of aryl methyl sites for hydroxylation is 1. The van der Waals surface area contributed by atoms with Gasteiger partial charge in [-0.25, -0.2) is 8.42 Å². The lowest BCUT2D eigenvalue weighted by atomic mass is 10.2. The van der Waals surface area contributed by atoms with E-state index < -0.39 is 9.84 Å². The topological polar surface area (TPSA) is 37.4 Å². The summed E-state index contributed by atoms with van der Waals surface area (Å²) in [6, 6.07) is 9.83. The van der Waals surface area contributed by atoms with Crippen molar-refractivity contribution >= 4 is 19.4 Å². The maximum Gasteiger partial charge on any atom is 0.191 e. The first-order valence-corrected chi connectivity index (χ1v) is 11.1. The van der Waals surface area contributed by atoms with Crippen molar-refractivity contribution in [1.82, 2.24) is 4.90 Å². The molecule has 0 N–H and O–H groups in total. The van der Waals surface area contributed by atoms with Crippen LogP contribution in [-0.4, -0.2) is 42.3 Å². The van der Waals surface area contributed by atoms with Crippen LogP contribution in [0.4, 0.5) is 0 Å². The summed E-state index contributed by atoms with van der Waals surface area (Å²) in [5.41, 5.74) is 1.08.